The van der Waals surface area contributed by atoms with E-state index < -0.39 is 23.7 Å². The second-order valence-electron chi connectivity index (χ2n) is 7.34. The number of halogens is 1. The lowest BCUT2D eigenvalue weighted by Crippen LogP contribution is -2.46. The summed E-state index contributed by atoms with van der Waals surface area (Å²) in [6.07, 6.45) is 3.69. The second kappa shape index (κ2) is 8.87. The van der Waals surface area contributed by atoms with Crippen LogP contribution in [0.15, 0.2) is 24.3 Å². The molecule has 5 nitrogen and oxygen atoms in total. The van der Waals surface area contributed by atoms with Gasteiger partial charge in [-0.05, 0) is 80.7 Å². The number of ether oxygens (including phenoxy) is 2. The van der Waals surface area contributed by atoms with Crippen molar-refractivity contribution in [3.05, 3.63) is 33.4 Å². The van der Waals surface area contributed by atoms with Crippen molar-refractivity contribution < 1.29 is 19.1 Å². The Bertz CT molecular complexity index is 606. The summed E-state index contributed by atoms with van der Waals surface area (Å²) >= 11 is 2.23. The van der Waals surface area contributed by atoms with Gasteiger partial charge in [0.1, 0.15) is 17.7 Å². The Kier molecular flexibility index (Phi) is 7.10. The fraction of sp³-hybridized carbons (Fsp3) is 0.579. The molecule has 1 fully saturated rings. The normalized spacial score (nSPS) is 16.3. The predicted octanol–water partition coefficient (Wildman–Crippen LogP) is 4.21. The van der Waals surface area contributed by atoms with Crippen LogP contribution in [0, 0.1) is 3.57 Å². The number of esters is 1. The highest BCUT2D eigenvalue weighted by molar-refractivity contribution is 14.1. The van der Waals surface area contributed by atoms with Crippen molar-refractivity contribution in [3.63, 3.8) is 0 Å². The topological polar surface area (TPSA) is 64.6 Å². The zero-order chi connectivity index (χ0) is 18.4. The van der Waals surface area contributed by atoms with Crippen molar-refractivity contribution in [2.45, 2.75) is 70.6 Å². The summed E-state index contributed by atoms with van der Waals surface area (Å²) in [6.45, 7) is 5.37. The number of hydrogen-bond donors (Lipinski definition) is 1. The molecule has 1 N–H and O–H groups in total. The molecule has 1 aromatic carbocycles. The van der Waals surface area contributed by atoms with E-state index in [1.54, 1.807) is 20.8 Å². The van der Waals surface area contributed by atoms with Crippen LogP contribution in [0.3, 0.4) is 0 Å². The highest BCUT2D eigenvalue weighted by atomic mass is 127. The molecule has 25 heavy (non-hydrogen) atoms. The first kappa shape index (κ1) is 20.0. The fourth-order valence-electron chi connectivity index (χ4n) is 2.78. The van der Waals surface area contributed by atoms with Crippen LogP contribution >= 0.6 is 22.6 Å². The maximum Gasteiger partial charge on any atom is 0.408 e. The largest absolute Gasteiger partial charge is 0.461 e. The van der Waals surface area contributed by atoms with E-state index in [0.717, 1.165) is 34.8 Å². The Balaban J connectivity index is 2.08. The van der Waals surface area contributed by atoms with Gasteiger partial charge in [0, 0.05) is 9.99 Å². The first-order valence-electron chi connectivity index (χ1n) is 8.68. The summed E-state index contributed by atoms with van der Waals surface area (Å²) in [5.41, 5.74) is 0.373. The van der Waals surface area contributed by atoms with Crippen LogP contribution in [0.25, 0.3) is 0 Å². The van der Waals surface area contributed by atoms with Gasteiger partial charge in [0.25, 0.3) is 0 Å². The van der Waals surface area contributed by atoms with E-state index in [1.165, 1.54) is 0 Å². The molecule has 1 aliphatic carbocycles. The molecule has 1 amide bonds. The van der Waals surface area contributed by atoms with Gasteiger partial charge in [0.05, 0.1) is 0 Å². The van der Waals surface area contributed by atoms with Gasteiger partial charge >= 0.3 is 12.1 Å². The van der Waals surface area contributed by atoms with Crippen LogP contribution < -0.4 is 5.32 Å². The molecule has 0 radical (unpaired) electrons. The fourth-order valence-corrected chi connectivity index (χ4v) is 3.39. The lowest BCUT2D eigenvalue weighted by Gasteiger charge is -2.24. The summed E-state index contributed by atoms with van der Waals surface area (Å²) in [7, 11) is 0. The van der Waals surface area contributed by atoms with Crippen molar-refractivity contribution in [1.29, 1.82) is 0 Å². The Morgan fingerprint density at radius 1 is 1.24 bits per heavy atom. The first-order chi connectivity index (χ1) is 11.7. The molecule has 0 spiro atoms. The van der Waals surface area contributed by atoms with E-state index >= 15 is 0 Å². The molecule has 1 unspecified atom stereocenters. The van der Waals surface area contributed by atoms with E-state index in [9.17, 15) is 9.59 Å². The van der Waals surface area contributed by atoms with Crippen molar-refractivity contribution in [3.8, 4) is 0 Å². The molecule has 1 aliphatic rings. The molecule has 0 aliphatic heterocycles. The van der Waals surface area contributed by atoms with E-state index in [0.29, 0.717) is 6.42 Å². The predicted molar refractivity (Wildman–Crippen MR) is 104 cm³/mol. The molecule has 0 aromatic heterocycles. The van der Waals surface area contributed by atoms with Gasteiger partial charge in [-0.3, -0.25) is 0 Å². The smallest absolute Gasteiger partial charge is 0.408 e. The number of alkyl carbamates (subject to hydrolysis) is 1. The lowest BCUT2D eigenvalue weighted by atomic mass is 10.1. The van der Waals surface area contributed by atoms with Gasteiger partial charge in [0.15, 0.2) is 0 Å². The maximum atomic E-state index is 12.6. The second-order valence-corrected chi connectivity index (χ2v) is 8.50. The third-order valence-corrected chi connectivity index (χ3v) is 4.99. The van der Waals surface area contributed by atoms with E-state index in [4.69, 9.17) is 9.47 Å². The molecular formula is C19H26INO4. The minimum atomic E-state index is -0.758. The Hall–Kier alpha value is -1.31. The Morgan fingerprint density at radius 3 is 2.48 bits per heavy atom. The number of hydrogen-bond acceptors (Lipinski definition) is 4. The third kappa shape index (κ3) is 6.84. The quantitative estimate of drug-likeness (QED) is 0.529. The van der Waals surface area contributed by atoms with Crippen LogP contribution in [0.5, 0.6) is 0 Å². The highest BCUT2D eigenvalue weighted by Gasteiger charge is 2.29. The maximum absolute atomic E-state index is 12.6. The van der Waals surface area contributed by atoms with Gasteiger partial charge in [0.2, 0.25) is 0 Å². The summed E-state index contributed by atoms with van der Waals surface area (Å²) in [6, 6.07) is 7.03. The molecule has 2 rings (SSSR count). The molecule has 1 aromatic rings. The molecule has 6 heteroatoms. The van der Waals surface area contributed by atoms with E-state index in [-0.39, 0.29) is 6.10 Å². The summed E-state index contributed by atoms with van der Waals surface area (Å²) in [5.74, 6) is -0.391. The zero-order valence-electron chi connectivity index (χ0n) is 15.0. The van der Waals surface area contributed by atoms with Crippen LogP contribution in [0.1, 0.15) is 52.0 Å². The number of amides is 1. The number of rotatable bonds is 5. The third-order valence-electron chi connectivity index (χ3n) is 3.94. The molecule has 0 heterocycles. The molecule has 138 valence electrons. The summed E-state index contributed by atoms with van der Waals surface area (Å²) in [4.78, 5) is 24.8. The Labute approximate surface area is 163 Å². The van der Waals surface area contributed by atoms with Crippen LogP contribution in [0.2, 0.25) is 0 Å². The average molecular weight is 459 g/mol. The van der Waals surface area contributed by atoms with Crippen molar-refractivity contribution in [1.82, 2.24) is 5.32 Å². The van der Waals surface area contributed by atoms with Crippen molar-refractivity contribution in [2.75, 3.05) is 0 Å². The van der Waals surface area contributed by atoms with Gasteiger partial charge in [-0.25, -0.2) is 9.59 Å². The molecule has 0 saturated heterocycles. The molecular weight excluding hydrogens is 433 g/mol. The monoisotopic (exact) mass is 459 g/mol. The lowest BCUT2D eigenvalue weighted by molar-refractivity contribution is -0.151. The summed E-state index contributed by atoms with van der Waals surface area (Å²) in [5, 5.41) is 2.68. The zero-order valence-corrected chi connectivity index (χ0v) is 17.2. The van der Waals surface area contributed by atoms with Gasteiger partial charge in [-0.1, -0.05) is 18.2 Å². The number of carbonyl (C=O) groups excluding carboxylic acids is 2. The standard InChI is InChI=1S/C19H26INO4/c1-19(2,3)25-18(23)21-16(12-13-8-4-7-11-15(13)20)17(22)24-14-9-5-6-10-14/h4,7-8,11,14,16H,5-6,9-10,12H2,1-3H3,(H,21,23). The molecule has 1 atom stereocenters. The number of benzene rings is 1. The van der Waals surface area contributed by atoms with Crippen LogP contribution in [0.4, 0.5) is 4.79 Å². The SMILES string of the molecule is CC(C)(C)OC(=O)NC(Cc1ccccc1I)C(=O)OC1CCCC1. The van der Waals surface area contributed by atoms with E-state index in [1.807, 2.05) is 24.3 Å². The van der Waals surface area contributed by atoms with E-state index in [2.05, 4.69) is 27.9 Å². The summed E-state index contributed by atoms with van der Waals surface area (Å²) < 4.78 is 11.9. The minimum absolute atomic E-state index is 0.0368. The minimum Gasteiger partial charge on any atom is -0.461 e. The van der Waals surface area contributed by atoms with Crippen LogP contribution in [-0.2, 0) is 20.7 Å². The van der Waals surface area contributed by atoms with Gasteiger partial charge < -0.3 is 14.8 Å². The molecule has 0 bridgehead atoms. The van der Waals surface area contributed by atoms with Gasteiger partial charge in [-0.2, -0.15) is 0 Å². The molecule has 1 saturated carbocycles. The van der Waals surface area contributed by atoms with Crippen LogP contribution in [-0.4, -0.2) is 29.8 Å². The Morgan fingerprint density at radius 2 is 1.88 bits per heavy atom. The number of nitrogens with one attached hydrogen (secondary N) is 1. The van der Waals surface area contributed by atoms with Crippen molar-refractivity contribution >= 4 is 34.7 Å². The van der Waals surface area contributed by atoms with Gasteiger partial charge in [-0.15, -0.1) is 0 Å². The highest BCUT2D eigenvalue weighted by Crippen LogP contribution is 2.22. The van der Waals surface area contributed by atoms with Crippen molar-refractivity contribution in [2.24, 2.45) is 0 Å². The first-order valence-corrected chi connectivity index (χ1v) is 9.76. The average Bonchev–Trinajstić information content (AvgIpc) is 2.99. The number of carbonyl (C=O) groups is 2.